The van der Waals surface area contributed by atoms with Crippen molar-refractivity contribution in [3.05, 3.63) is 28.9 Å². The molecule has 0 saturated carbocycles. The number of aryl methyl sites for hydroxylation is 1. The monoisotopic (exact) mass is 337 g/mol. The van der Waals surface area contributed by atoms with Gasteiger partial charge in [0, 0.05) is 18.9 Å². The fraction of sp³-hybridized carbons (Fsp3) is 0.400. The van der Waals surface area contributed by atoms with E-state index in [0.717, 1.165) is 23.9 Å². The lowest BCUT2D eigenvalue weighted by molar-refractivity contribution is -0.310. The number of thioether (sulfide) groups is 1. The van der Waals surface area contributed by atoms with E-state index in [1.807, 2.05) is 36.9 Å². The van der Waals surface area contributed by atoms with Crippen LogP contribution in [-0.2, 0) is 16.6 Å². The van der Waals surface area contributed by atoms with E-state index in [1.165, 1.54) is 4.90 Å². The number of carbonyl (C=O) groups is 2. The Morgan fingerprint density at radius 1 is 1.55 bits per heavy atom. The minimum Gasteiger partial charge on any atom is -0.548 e. The van der Waals surface area contributed by atoms with Gasteiger partial charge in [-0.05, 0) is 24.6 Å². The SMILES string of the molecule is CCCC[C@H](C(=O)[O-])N1C(=O)C(=Cc2cccn2C)SC1=S. The molecule has 2 heterocycles. The summed E-state index contributed by atoms with van der Waals surface area (Å²) in [5, 5.41) is 11.4. The molecule has 1 fully saturated rings. The predicted octanol–water partition coefficient (Wildman–Crippen LogP) is 1.53. The lowest BCUT2D eigenvalue weighted by atomic mass is 10.1. The summed E-state index contributed by atoms with van der Waals surface area (Å²) in [6.45, 7) is 1.96. The van der Waals surface area contributed by atoms with Crippen molar-refractivity contribution in [1.29, 1.82) is 0 Å². The third-order valence-corrected chi connectivity index (χ3v) is 4.83. The smallest absolute Gasteiger partial charge is 0.266 e. The van der Waals surface area contributed by atoms with Gasteiger partial charge in [0.25, 0.3) is 5.91 Å². The summed E-state index contributed by atoms with van der Waals surface area (Å²) >= 11 is 6.33. The normalized spacial score (nSPS) is 18.3. The molecule has 1 saturated heterocycles. The number of carboxylic acid groups (broad SMARTS) is 1. The van der Waals surface area contributed by atoms with Crippen LogP contribution in [0.1, 0.15) is 31.9 Å². The van der Waals surface area contributed by atoms with E-state index in [9.17, 15) is 14.7 Å². The lowest BCUT2D eigenvalue weighted by Gasteiger charge is -2.27. The van der Waals surface area contributed by atoms with Gasteiger partial charge in [0.2, 0.25) is 0 Å². The molecule has 0 radical (unpaired) electrons. The molecule has 0 spiro atoms. The van der Waals surface area contributed by atoms with Gasteiger partial charge < -0.3 is 14.5 Å². The van der Waals surface area contributed by atoms with Crippen molar-refractivity contribution in [3.8, 4) is 0 Å². The van der Waals surface area contributed by atoms with E-state index in [2.05, 4.69) is 0 Å². The Labute approximate surface area is 139 Å². The molecule has 118 valence electrons. The molecule has 1 aromatic heterocycles. The Kier molecular flexibility index (Phi) is 5.42. The second kappa shape index (κ2) is 7.11. The number of amides is 1. The Morgan fingerprint density at radius 3 is 2.82 bits per heavy atom. The number of rotatable bonds is 6. The zero-order chi connectivity index (χ0) is 16.3. The number of aromatic nitrogens is 1. The molecule has 1 amide bonds. The number of hydrogen-bond acceptors (Lipinski definition) is 5. The third kappa shape index (κ3) is 3.41. The van der Waals surface area contributed by atoms with Crippen LogP contribution < -0.4 is 5.11 Å². The van der Waals surface area contributed by atoms with Crippen LogP contribution in [0.2, 0.25) is 0 Å². The highest BCUT2D eigenvalue weighted by Crippen LogP contribution is 2.34. The minimum atomic E-state index is -1.26. The van der Waals surface area contributed by atoms with Crippen LogP contribution in [0, 0.1) is 0 Å². The van der Waals surface area contributed by atoms with Gasteiger partial charge >= 0.3 is 0 Å². The largest absolute Gasteiger partial charge is 0.548 e. The highest BCUT2D eigenvalue weighted by molar-refractivity contribution is 8.26. The van der Waals surface area contributed by atoms with Crippen LogP contribution in [0.3, 0.4) is 0 Å². The second-order valence-corrected chi connectivity index (χ2v) is 6.75. The fourth-order valence-electron chi connectivity index (χ4n) is 2.26. The highest BCUT2D eigenvalue weighted by atomic mass is 32.2. The van der Waals surface area contributed by atoms with Crippen molar-refractivity contribution >= 4 is 46.3 Å². The van der Waals surface area contributed by atoms with Gasteiger partial charge in [-0.25, -0.2) is 0 Å². The van der Waals surface area contributed by atoms with E-state index < -0.39 is 12.0 Å². The van der Waals surface area contributed by atoms with E-state index in [4.69, 9.17) is 12.2 Å². The van der Waals surface area contributed by atoms with Gasteiger partial charge in [-0.2, -0.15) is 0 Å². The average Bonchev–Trinajstić information content (AvgIpc) is 2.97. The number of unbranched alkanes of at least 4 members (excludes halogenated alkanes) is 1. The second-order valence-electron chi connectivity index (χ2n) is 5.07. The molecule has 1 aromatic rings. The summed E-state index contributed by atoms with van der Waals surface area (Å²) in [6.07, 6.45) is 5.50. The molecule has 1 aliphatic heterocycles. The summed E-state index contributed by atoms with van der Waals surface area (Å²) in [6, 6.07) is 2.75. The van der Waals surface area contributed by atoms with E-state index >= 15 is 0 Å². The quantitative estimate of drug-likeness (QED) is 0.582. The van der Waals surface area contributed by atoms with Crippen molar-refractivity contribution < 1.29 is 14.7 Å². The number of nitrogens with zero attached hydrogens (tertiary/aromatic N) is 2. The van der Waals surface area contributed by atoms with Gasteiger partial charge in [-0.15, -0.1) is 0 Å². The molecule has 22 heavy (non-hydrogen) atoms. The molecule has 0 bridgehead atoms. The number of thiocarbonyl (C=S) groups is 1. The first-order chi connectivity index (χ1) is 10.5. The van der Waals surface area contributed by atoms with Gasteiger partial charge in [-0.1, -0.05) is 43.7 Å². The summed E-state index contributed by atoms with van der Waals surface area (Å²) in [5.41, 5.74) is 0.860. The minimum absolute atomic E-state index is 0.274. The van der Waals surface area contributed by atoms with Crippen molar-refractivity contribution in [2.75, 3.05) is 0 Å². The maximum Gasteiger partial charge on any atom is 0.266 e. The maximum absolute atomic E-state index is 12.5. The van der Waals surface area contributed by atoms with Crippen molar-refractivity contribution in [2.45, 2.75) is 32.2 Å². The Bertz CT molecular complexity index is 636. The molecule has 1 atom stereocenters. The molecule has 2 rings (SSSR count). The summed E-state index contributed by atoms with van der Waals surface area (Å²) < 4.78 is 2.15. The van der Waals surface area contributed by atoms with Crippen molar-refractivity contribution in [1.82, 2.24) is 9.47 Å². The first-order valence-electron chi connectivity index (χ1n) is 7.05. The Balaban J connectivity index is 2.26. The van der Waals surface area contributed by atoms with E-state index in [-0.39, 0.29) is 10.2 Å². The zero-order valence-electron chi connectivity index (χ0n) is 12.4. The van der Waals surface area contributed by atoms with Crippen LogP contribution in [-0.4, -0.2) is 31.7 Å². The molecule has 5 nitrogen and oxygen atoms in total. The predicted molar refractivity (Wildman–Crippen MR) is 88.7 cm³/mol. The summed E-state index contributed by atoms with van der Waals surface area (Å²) in [5.74, 6) is -1.62. The van der Waals surface area contributed by atoms with Crippen molar-refractivity contribution in [3.63, 3.8) is 0 Å². The maximum atomic E-state index is 12.5. The summed E-state index contributed by atoms with van der Waals surface area (Å²) in [4.78, 5) is 25.5. The molecule has 0 N–H and O–H groups in total. The fourth-order valence-corrected chi connectivity index (χ4v) is 3.60. The van der Waals surface area contributed by atoms with Gasteiger partial charge in [-0.3, -0.25) is 9.69 Å². The molecule has 7 heteroatoms. The molecule has 1 aliphatic rings. The first kappa shape index (κ1) is 16.8. The molecule has 0 unspecified atom stereocenters. The van der Waals surface area contributed by atoms with E-state index in [0.29, 0.717) is 17.7 Å². The van der Waals surface area contributed by atoms with Gasteiger partial charge in [0.1, 0.15) is 4.32 Å². The standard InChI is InChI=1S/C15H18N2O3S2/c1-3-4-7-11(14(19)20)17-13(18)12(22-15(17)21)9-10-6-5-8-16(10)2/h5-6,8-9,11H,3-4,7H2,1-2H3,(H,19,20)/p-1/t11-/m1/s1. The van der Waals surface area contributed by atoms with Crippen LogP contribution in [0.4, 0.5) is 0 Å². The molecular weight excluding hydrogens is 320 g/mol. The topological polar surface area (TPSA) is 65.4 Å². The van der Waals surface area contributed by atoms with E-state index in [1.54, 1.807) is 6.08 Å². The van der Waals surface area contributed by atoms with Crippen LogP contribution >= 0.6 is 24.0 Å². The third-order valence-electron chi connectivity index (χ3n) is 3.50. The first-order valence-corrected chi connectivity index (χ1v) is 8.27. The highest BCUT2D eigenvalue weighted by Gasteiger charge is 2.37. The molecule has 0 aliphatic carbocycles. The van der Waals surface area contributed by atoms with Crippen LogP contribution in [0.15, 0.2) is 23.2 Å². The van der Waals surface area contributed by atoms with Crippen LogP contribution in [0.5, 0.6) is 0 Å². The number of aliphatic carboxylic acids is 1. The lowest BCUT2D eigenvalue weighted by Crippen LogP contribution is -2.49. The summed E-state index contributed by atoms with van der Waals surface area (Å²) in [7, 11) is 1.87. The Hall–Kier alpha value is -1.60. The Morgan fingerprint density at radius 2 is 2.27 bits per heavy atom. The average molecular weight is 337 g/mol. The molecule has 0 aromatic carbocycles. The van der Waals surface area contributed by atoms with Gasteiger partial charge in [0.15, 0.2) is 0 Å². The molecular formula is C15H17N2O3S2-. The zero-order valence-corrected chi connectivity index (χ0v) is 14.1. The van der Waals surface area contributed by atoms with Gasteiger partial charge in [0.05, 0.1) is 16.9 Å². The number of hydrogen-bond donors (Lipinski definition) is 0. The van der Waals surface area contributed by atoms with Crippen molar-refractivity contribution in [2.24, 2.45) is 7.05 Å². The number of carbonyl (C=O) groups excluding carboxylic acids is 2. The van der Waals surface area contributed by atoms with Crippen LogP contribution in [0.25, 0.3) is 6.08 Å². The number of carboxylic acids is 1.